The number of hydrogen-bond donors (Lipinski definition) is 1. The van der Waals surface area contributed by atoms with Crippen molar-refractivity contribution in [1.29, 1.82) is 0 Å². The zero-order chi connectivity index (χ0) is 11.4. The van der Waals surface area contributed by atoms with Gasteiger partial charge >= 0.3 is 0 Å². The zero-order valence-corrected chi connectivity index (χ0v) is 10.0. The van der Waals surface area contributed by atoms with Crippen molar-refractivity contribution in [2.75, 3.05) is 6.61 Å². The van der Waals surface area contributed by atoms with Crippen molar-refractivity contribution in [1.82, 2.24) is 0 Å². The first-order valence-electron chi connectivity index (χ1n) is 5.33. The number of nitrogens with two attached hydrogens (primary N) is 1. The molecule has 16 heavy (non-hydrogen) atoms. The van der Waals surface area contributed by atoms with Gasteiger partial charge in [0.1, 0.15) is 5.75 Å². The predicted molar refractivity (Wildman–Crippen MR) is 68.0 cm³/mol. The first kappa shape index (κ1) is 11.2. The summed E-state index contributed by atoms with van der Waals surface area (Å²) in [5, 5.41) is 2.04. The van der Waals surface area contributed by atoms with Crippen molar-refractivity contribution >= 4 is 11.3 Å². The molecule has 0 aliphatic carbocycles. The number of thiophene rings is 1. The lowest BCUT2D eigenvalue weighted by atomic mass is 10.1. The van der Waals surface area contributed by atoms with Crippen LogP contribution >= 0.6 is 11.3 Å². The van der Waals surface area contributed by atoms with Crippen molar-refractivity contribution in [3.63, 3.8) is 0 Å². The summed E-state index contributed by atoms with van der Waals surface area (Å²) in [4.78, 5) is 1.17. The topological polar surface area (TPSA) is 35.2 Å². The molecule has 0 amide bonds. The molecule has 1 atom stereocenters. The highest BCUT2D eigenvalue weighted by Crippen LogP contribution is 2.26. The summed E-state index contributed by atoms with van der Waals surface area (Å²) in [7, 11) is 0. The van der Waals surface area contributed by atoms with E-state index in [2.05, 4.69) is 6.07 Å². The van der Waals surface area contributed by atoms with Crippen molar-refractivity contribution in [3.05, 3.63) is 52.2 Å². The van der Waals surface area contributed by atoms with E-state index in [0.717, 1.165) is 11.3 Å². The molecular weight excluding hydrogens is 218 g/mol. The molecule has 0 radical (unpaired) electrons. The fourth-order valence-corrected chi connectivity index (χ4v) is 2.35. The first-order chi connectivity index (χ1) is 7.81. The molecule has 0 saturated heterocycles. The molecule has 2 N–H and O–H groups in total. The van der Waals surface area contributed by atoms with Crippen LogP contribution in [-0.2, 0) is 0 Å². The monoisotopic (exact) mass is 233 g/mol. The highest BCUT2D eigenvalue weighted by Gasteiger charge is 2.10. The van der Waals surface area contributed by atoms with Crippen LogP contribution in [0, 0.1) is 0 Å². The van der Waals surface area contributed by atoms with E-state index in [1.807, 2.05) is 42.6 Å². The molecule has 3 heteroatoms. The Labute approximate surface area is 99.7 Å². The predicted octanol–water partition coefficient (Wildman–Crippen LogP) is 3.19. The minimum Gasteiger partial charge on any atom is -0.494 e. The first-order valence-corrected chi connectivity index (χ1v) is 6.21. The maximum absolute atomic E-state index is 6.18. The Morgan fingerprint density at radius 1 is 1.31 bits per heavy atom. The molecular formula is C13H15NOS. The molecule has 0 saturated carbocycles. The molecule has 2 rings (SSSR count). The Balaban J connectivity index is 2.23. The van der Waals surface area contributed by atoms with E-state index in [-0.39, 0.29) is 6.04 Å². The molecule has 84 valence electrons. The van der Waals surface area contributed by atoms with Gasteiger partial charge in [-0.15, -0.1) is 11.3 Å². The van der Waals surface area contributed by atoms with Crippen molar-refractivity contribution < 1.29 is 4.74 Å². The summed E-state index contributed by atoms with van der Waals surface area (Å²) in [5.41, 5.74) is 7.27. The van der Waals surface area contributed by atoms with Gasteiger partial charge in [0.05, 0.1) is 12.6 Å². The maximum atomic E-state index is 6.18. The van der Waals surface area contributed by atoms with Crippen LogP contribution in [0.4, 0.5) is 0 Å². The molecule has 0 aliphatic heterocycles. The Bertz CT molecular complexity index is 439. The van der Waals surface area contributed by atoms with Gasteiger partial charge in [-0.25, -0.2) is 0 Å². The molecule has 1 aromatic heterocycles. The van der Waals surface area contributed by atoms with Crippen LogP contribution in [0.15, 0.2) is 41.8 Å². The molecule has 1 unspecified atom stereocenters. The lowest BCUT2D eigenvalue weighted by molar-refractivity contribution is 0.340. The van der Waals surface area contributed by atoms with E-state index in [9.17, 15) is 0 Å². The number of hydrogen-bond acceptors (Lipinski definition) is 3. The number of rotatable bonds is 4. The summed E-state index contributed by atoms with van der Waals surface area (Å²) in [6, 6.07) is 12.0. The van der Waals surface area contributed by atoms with Gasteiger partial charge in [0.15, 0.2) is 0 Å². The normalized spacial score (nSPS) is 12.4. The van der Waals surface area contributed by atoms with Crippen LogP contribution in [0.25, 0.3) is 0 Å². The van der Waals surface area contributed by atoms with Gasteiger partial charge in [-0.2, -0.15) is 0 Å². The molecule has 0 bridgehead atoms. The van der Waals surface area contributed by atoms with Crippen molar-refractivity contribution in [3.8, 4) is 5.75 Å². The number of ether oxygens (including phenoxy) is 1. The molecule has 0 fully saturated rings. The fraction of sp³-hybridized carbons (Fsp3) is 0.231. The van der Waals surface area contributed by atoms with Gasteiger partial charge in [0, 0.05) is 4.88 Å². The lowest BCUT2D eigenvalue weighted by Gasteiger charge is -2.11. The second-order valence-corrected chi connectivity index (χ2v) is 4.48. The fourth-order valence-electron chi connectivity index (χ4n) is 1.60. The van der Waals surface area contributed by atoms with Gasteiger partial charge in [-0.05, 0) is 36.1 Å². The summed E-state index contributed by atoms with van der Waals surface area (Å²) >= 11 is 1.68. The van der Waals surface area contributed by atoms with Gasteiger partial charge in [0.2, 0.25) is 0 Å². The Morgan fingerprint density at radius 3 is 2.88 bits per heavy atom. The van der Waals surface area contributed by atoms with Gasteiger partial charge in [-0.3, -0.25) is 0 Å². The van der Waals surface area contributed by atoms with Gasteiger partial charge in [0.25, 0.3) is 0 Å². The molecule has 1 aromatic carbocycles. The minimum absolute atomic E-state index is 0.0552. The van der Waals surface area contributed by atoms with Crippen LogP contribution < -0.4 is 10.5 Å². The largest absolute Gasteiger partial charge is 0.494 e. The van der Waals surface area contributed by atoms with E-state index in [0.29, 0.717) is 6.61 Å². The maximum Gasteiger partial charge on any atom is 0.119 e. The third-order valence-electron chi connectivity index (χ3n) is 2.38. The second-order valence-electron chi connectivity index (χ2n) is 3.50. The van der Waals surface area contributed by atoms with Crippen LogP contribution in [0.2, 0.25) is 0 Å². The standard InChI is InChI=1S/C13H15NOS/c1-2-15-11-6-3-5-10(9-11)13(14)12-7-4-8-16-12/h3-9,13H,2,14H2,1H3. The van der Waals surface area contributed by atoms with Crippen LogP contribution in [-0.4, -0.2) is 6.61 Å². The van der Waals surface area contributed by atoms with Crippen LogP contribution in [0.3, 0.4) is 0 Å². The molecule has 0 aliphatic rings. The van der Waals surface area contributed by atoms with E-state index >= 15 is 0 Å². The number of benzene rings is 1. The van der Waals surface area contributed by atoms with E-state index in [1.54, 1.807) is 11.3 Å². The lowest BCUT2D eigenvalue weighted by Crippen LogP contribution is -2.10. The third-order valence-corrected chi connectivity index (χ3v) is 3.33. The Kier molecular flexibility index (Phi) is 3.59. The average Bonchev–Trinajstić information content (AvgIpc) is 2.82. The smallest absolute Gasteiger partial charge is 0.119 e. The molecule has 0 spiro atoms. The summed E-state index contributed by atoms with van der Waals surface area (Å²) in [5.74, 6) is 0.881. The van der Waals surface area contributed by atoms with E-state index in [1.165, 1.54) is 4.88 Å². The second kappa shape index (κ2) is 5.14. The van der Waals surface area contributed by atoms with Crippen molar-refractivity contribution in [2.45, 2.75) is 13.0 Å². The third kappa shape index (κ3) is 2.43. The average molecular weight is 233 g/mol. The highest BCUT2D eigenvalue weighted by molar-refractivity contribution is 7.10. The molecule has 1 heterocycles. The molecule has 2 aromatic rings. The quantitative estimate of drug-likeness (QED) is 0.880. The Morgan fingerprint density at radius 2 is 2.19 bits per heavy atom. The molecule has 2 nitrogen and oxygen atoms in total. The zero-order valence-electron chi connectivity index (χ0n) is 9.22. The SMILES string of the molecule is CCOc1cccc(C(N)c2cccs2)c1. The summed E-state index contributed by atoms with van der Waals surface area (Å²) in [6.45, 7) is 2.66. The summed E-state index contributed by atoms with van der Waals surface area (Å²) < 4.78 is 5.46. The summed E-state index contributed by atoms with van der Waals surface area (Å²) in [6.07, 6.45) is 0. The Hall–Kier alpha value is -1.32. The van der Waals surface area contributed by atoms with Crippen LogP contribution in [0.1, 0.15) is 23.4 Å². The van der Waals surface area contributed by atoms with E-state index in [4.69, 9.17) is 10.5 Å². The van der Waals surface area contributed by atoms with Crippen LogP contribution in [0.5, 0.6) is 5.75 Å². The van der Waals surface area contributed by atoms with Gasteiger partial charge < -0.3 is 10.5 Å². The minimum atomic E-state index is -0.0552. The van der Waals surface area contributed by atoms with Crippen molar-refractivity contribution in [2.24, 2.45) is 5.73 Å². The highest BCUT2D eigenvalue weighted by atomic mass is 32.1. The van der Waals surface area contributed by atoms with Gasteiger partial charge in [-0.1, -0.05) is 18.2 Å². The van der Waals surface area contributed by atoms with E-state index < -0.39 is 0 Å².